The molecule has 1 aromatic carbocycles. The summed E-state index contributed by atoms with van der Waals surface area (Å²) in [5.41, 5.74) is 1.08. The summed E-state index contributed by atoms with van der Waals surface area (Å²) in [6, 6.07) is 7.65. The number of amides is 1. The highest BCUT2D eigenvalue weighted by Crippen LogP contribution is 2.27. The number of carboxylic acid groups (broad SMARTS) is 1. The van der Waals surface area contributed by atoms with Crippen LogP contribution in [-0.2, 0) is 16.0 Å². The van der Waals surface area contributed by atoms with Gasteiger partial charge >= 0.3 is 5.97 Å². The fourth-order valence-electron chi connectivity index (χ4n) is 2.29. The number of carboxylic acids is 1. The first kappa shape index (κ1) is 14.4. The summed E-state index contributed by atoms with van der Waals surface area (Å²) < 4.78 is 5.07. The number of carbonyl (C=O) groups excluding carboxylic acids is 1. The fraction of sp³-hybridized carbons (Fsp3) is 0.467. The Kier molecular flexibility index (Phi) is 4.61. The van der Waals surface area contributed by atoms with Gasteiger partial charge in [0.2, 0.25) is 5.91 Å². The van der Waals surface area contributed by atoms with Gasteiger partial charge in [-0.25, -0.2) is 0 Å². The lowest BCUT2D eigenvalue weighted by Gasteiger charge is -2.32. The van der Waals surface area contributed by atoms with E-state index in [-0.39, 0.29) is 17.9 Å². The number of aliphatic carboxylic acids is 1. The highest BCUT2D eigenvalue weighted by atomic mass is 16.5. The molecule has 1 saturated carbocycles. The predicted molar refractivity (Wildman–Crippen MR) is 73.6 cm³/mol. The molecule has 20 heavy (non-hydrogen) atoms. The van der Waals surface area contributed by atoms with E-state index >= 15 is 0 Å². The van der Waals surface area contributed by atoms with E-state index in [2.05, 4.69) is 5.32 Å². The lowest BCUT2D eigenvalue weighted by Crippen LogP contribution is -2.46. The Morgan fingerprint density at radius 3 is 2.50 bits per heavy atom. The van der Waals surface area contributed by atoms with Crippen LogP contribution < -0.4 is 10.1 Å². The maximum Gasteiger partial charge on any atom is 0.306 e. The molecule has 108 valence electrons. The Labute approximate surface area is 117 Å². The molecule has 0 spiro atoms. The van der Waals surface area contributed by atoms with Gasteiger partial charge in [-0.2, -0.15) is 0 Å². The molecule has 0 atom stereocenters. The SMILES string of the molecule is COc1ccc(CCC(=O)NC2CC(C(=O)O)C2)cc1. The van der Waals surface area contributed by atoms with Crippen molar-refractivity contribution in [3.63, 3.8) is 0 Å². The number of benzene rings is 1. The number of methoxy groups -OCH3 is 1. The maximum absolute atomic E-state index is 11.7. The van der Waals surface area contributed by atoms with Gasteiger partial charge < -0.3 is 15.2 Å². The molecule has 0 aromatic heterocycles. The van der Waals surface area contributed by atoms with E-state index < -0.39 is 5.97 Å². The van der Waals surface area contributed by atoms with Crippen LogP contribution in [0.1, 0.15) is 24.8 Å². The van der Waals surface area contributed by atoms with E-state index in [1.165, 1.54) is 0 Å². The number of aryl methyl sites for hydroxylation is 1. The van der Waals surface area contributed by atoms with Crippen molar-refractivity contribution in [3.05, 3.63) is 29.8 Å². The molecule has 1 aromatic rings. The van der Waals surface area contributed by atoms with Crippen molar-refractivity contribution in [2.24, 2.45) is 5.92 Å². The van der Waals surface area contributed by atoms with Crippen molar-refractivity contribution in [1.82, 2.24) is 5.32 Å². The Hall–Kier alpha value is -2.04. The van der Waals surface area contributed by atoms with Crippen molar-refractivity contribution in [1.29, 1.82) is 0 Å². The molecule has 0 aliphatic heterocycles. The average molecular weight is 277 g/mol. The summed E-state index contributed by atoms with van der Waals surface area (Å²) in [6.07, 6.45) is 2.18. The first-order valence-corrected chi connectivity index (χ1v) is 6.73. The minimum absolute atomic E-state index is 0.0188. The van der Waals surface area contributed by atoms with Crippen LogP contribution >= 0.6 is 0 Å². The fourth-order valence-corrected chi connectivity index (χ4v) is 2.29. The minimum Gasteiger partial charge on any atom is -0.497 e. The standard InChI is InChI=1S/C15H19NO4/c1-20-13-5-2-10(3-6-13)4-7-14(17)16-12-8-11(9-12)15(18)19/h2-3,5-6,11-12H,4,7-9H2,1H3,(H,16,17)(H,18,19). The minimum atomic E-state index is -0.770. The number of rotatable bonds is 6. The van der Waals surface area contributed by atoms with Gasteiger partial charge in [0.25, 0.3) is 0 Å². The van der Waals surface area contributed by atoms with Crippen LogP contribution in [0, 0.1) is 5.92 Å². The zero-order valence-corrected chi connectivity index (χ0v) is 11.5. The van der Waals surface area contributed by atoms with E-state index in [0.717, 1.165) is 11.3 Å². The smallest absolute Gasteiger partial charge is 0.306 e. The summed E-state index contributed by atoms with van der Waals surface area (Å²) in [5, 5.41) is 11.6. The number of carbonyl (C=O) groups is 2. The predicted octanol–water partition coefficient (Wildman–Crippen LogP) is 1.61. The molecule has 1 fully saturated rings. The van der Waals surface area contributed by atoms with Gasteiger partial charge in [0.05, 0.1) is 13.0 Å². The first-order valence-electron chi connectivity index (χ1n) is 6.73. The van der Waals surface area contributed by atoms with Crippen LogP contribution in [0.5, 0.6) is 5.75 Å². The molecule has 5 heteroatoms. The summed E-state index contributed by atoms with van der Waals surface area (Å²) in [7, 11) is 1.62. The van der Waals surface area contributed by atoms with Crippen LogP contribution in [0.4, 0.5) is 0 Å². The van der Waals surface area contributed by atoms with Gasteiger partial charge in [0.1, 0.15) is 5.75 Å². The molecule has 0 unspecified atom stereocenters. The summed E-state index contributed by atoms with van der Waals surface area (Å²) >= 11 is 0. The van der Waals surface area contributed by atoms with E-state index in [0.29, 0.717) is 25.7 Å². The van der Waals surface area contributed by atoms with Crippen molar-refractivity contribution >= 4 is 11.9 Å². The molecular weight excluding hydrogens is 258 g/mol. The summed E-state index contributed by atoms with van der Waals surface area (Å²) in [5.74, 6) is -0.280. The molecule has 1 amide bonds. The second-order valence-corrected chi connectivity index (χ2v) is 5.12. The third kappa shape index (κ3) is 3.73. The quantitative estimate of drug-likeness (QED) is 0.828. The Morgan fingerprint density at radius 2 is 1.95 bits per heavy atom. The Balaban J connectivity index is 1.69. The zero-order valence-electron chi connectivity index (χ0n) is 11.5. The highest BCUT2D eigenvalue weighted by Gasteiger charge is 2.34. The molecule has 2 N–H and O–H groups in total. The van der Waals surface area contributed by atoms with Crippen LogP contribution in [0.3, 0.4) is 0 Å². The normalized spacial score (nSPS) is 20.9. The van der Waals surface area contributed by atoms with E-state index in [9.17, 15) is 9.59 Å². The average Bonchev–Trinajstić information content (AvgIpc) is 2.40. The number of hydrogen-bond donors (Lipinski definition) is 2. The largest absolute Gasteiger partial charge is 0.497 e. The van der Waals surface area contributed by atoms with Gasteiger partial charge in [-0.3, -0.25) is 9.59 Å². The zero-order chi connectivity index (χ0) is 14.5. The summed E-state index contributed by atoms with van der Waals surface area (Å²) in [6.45, 7) is 0. The number of hydrogen-bond acceptors (Lipinski definition) is 3. The molecule has 0 bridgehead atoms. The third-order valence-corrected chi connectivity index (χ3v) is 3.65. The number of nitrogens with one attached hydrogen (secondary N) is 1. The van der Waals surface area contributed by atoms with Gasteiger partial charge in [0.15, 0.2) is 0 Å². The molecule has 0 saturated heterocycles. The Bertz CT molecular complexity index is 477. The van der Waals surface area contributed by atoms with Crippen molar-refractivity contribution < 1.29 is 19.4 Å². The van der Waals surface area contributed by atoms with E-state index in [1.807, 2.05) is 24.3 Å². The number of ether oxygens (including phenoxy) is 1. The van der Waals surface area contributed by atoms with Crippen LogP contribution in [-0.4, -0.2) is 30.1 Å². The van der Waals surface area contributed by atoms with Crippen LogP contribution in [0.2, 0.25) is 0 Å². The molecule has 0 radical (unpaired) electrons. The molecular formula is C15H19NO4. The second-order valence-electron chi connectivity index (χ2n) is 5.12. The molecule has 1 aliphatic carbocycles. The molecule has 0 heterocycles. The lowest BCUT2D eigenvalue weighted by molar-refractivity contribution is -0.146. The van der Waals surface area contributed by atoms with Crippen molar-refractivity contribution in [2.45, 2.75) is 31.7 Å². The molecule has 1 aliphatic rings. The first-order chi connectivity index (χ1) is 9.58. The van der Waals surface area contributed by atoms with Gasteiger partial charge in [-0.1, -0.05) is 12.1 Å². The van der Waals surface area contributed by atoms with Gasteiger partial charge in [0, 0.05) is 12.5 Å². The van der Waals surface area contributed by atoms with Gasteiger partial charge in [-0.15, -0.1) is 0 Å². The van der Waals surface area contributed by atoms with Gasteiger partial charge in [-0.05, 0) is 37.0 Å². The highest BCUT2D eigenvalue weighted by molar-refractivity contribution is 5.77. The topological polar surface area (TPSA) is 75.6 Å². The second kappa shape index (κ2) is 6.41. The maximum atomic E-state index is 11.7. The molecule has 5 nitrogen and oxygen atoms in total. The Morgan fingerprint density at radius 1 is 1.30 bits per heavy atom. The van der Waals surface area contributed by atoms with Crippen molar-refractivity contribution in [3.8, 4) is 5.75 Å². The van der Waals surface area contributed by atoms with E-state index in [1.54, 1.807) is 7.11 Å². The molecule has 2 rings (SSSR count). The third-order valence-electron chi connectivity index (χ3n) is 3.65. The van der Waals surface area contributed by atoms with E-state index in [4.69, 9.17) is 9.84 Å². The van der Waals surface area contributed by atoms with Crippen LogP contribution in [0.25, 0.3) is 0 Å². The lowest BCUT2D eigenvalue weighted by atomic mass is 9.80. The van der Waals surface area contributed by atoms with Crippen LogP contribution in [0.15, 0.2) is 24.3 Å². The summed E-state index contributed by atoms with van der Waals surface area (Å²) in [4.78, 5) is 22.4. The monoisotopic (exact) mass is 277 g/mol. The van der Waals surface area contributed by atoms with Crippen molar-refractivity contribution in [2.75, 3.05) is 7.11 Å².